The zero-order valence-electron chi connectivity index (χ0n) is 18.3. The Labute approximate surface area is 186 Å². The molecule has 0 radical (unpaired) electrons. The maximum atomic E-state index is 12.5. The number of nitrogens with one attached hydrogen (secondary N) is 2. The average Bonchev–Trinajstić information content (AvgIpc) is 2.82. The largest absolute Gasteiger partial charge is 0.351 e. The van der Waals surface area contributed by atoms with Crippen LogP contribution in [0.15, 0.2) is 52.2 Å². The van der Waals surface area contributed by atoms with Gasteiger partial charge in [-0.2, -0.15) is 0 Å². The van der Waals surface area contributed by atoms with Gasteiger partial charge in [-0.1, -0.05) is 31.4 Å². The Balaban J connectivity index is 1.38. The van der Waals surface area contributed by atoms with Gasteiger partial charge in [0.2, 0.25) is 0 Å². The molecular weight excluding hydrogens is 406 g/mol. The number of H-pyrrole nitrogens is 1. The lowest BCUT2D eigenvalue weighted by Gasteiger charge is -2.31. The summed E-state index contributed by atoms with van der Waals surface area (Å²) in [6.07, 6.45) is 7.99. The molecule has 32 heavy (non-hydrogen) atoms. The molecule has 8 nitrogen and oxygen atoms in total. The molecule has 1 amide bonds. The van der Waals surface area contributed by atoms with E-state index in [0.29, 0.717) is 29.3 Å². The molecule has 2 N–H and O–H groups in total. The van der Waals surface area contributed by atoms with E-state index in [4.69, 9.17) is 0 Å². The van der Waals surface area contributed by atoms with Crippen molar-refractivity contribution in [1.29, 1.82) is 0 Å². The highest BCUT2D eigenvalue weighted by Crippen LogP contribution is 2.21. The number of likely N-dealkylation sites (N-methyl/N-ethyl adjacent to an activating group) is 1. The van der Waals surface area contributed by atoms with Crippen LogP contribution in [0, 0.1) is 0 Å². The second-order valence-electron chi connectivity index (χ2n) is 8.45. The number of aromatic nitrogens is 3. The predicted molar refractivity (Wildman–Crippen MR) is 124 cm³/mol. The number of benzene rings is 1. The van der Waals surface area contributed by atoms with Crippen LogP contribution < -0.4 is 16.4 Å². The summed E-state index contributed by atoms with van der Waals surface area (Å²) in [5.74, 6) is -0.117. The molecule has 8 heteroatoms. The van der Waals surface area contributed by atoms with E-state index in [9.17, 15) is 14.4 Å². The monoisotopic (exact) mass is 435 g/mol. The summed E-state index contributed by atoms with van der Waals surface area (Å²) in [6.45, 7) is 1.64. The normalized spacial score (nSPS) is 14.7. The maximum absolute atomic E-state index is 12.5. The third kappa shape index (κ3) is 4.96. The molecule has 2 aromatic heterocycles. The number of hydrogen-bond acceptors (Lipinski definition) is 5. The van der Waals surface area contributed by atoms with E-state index < -0.39 is 11.1 Å². The van der Waals surface area contributed by atoms with Crippen molar-refractivity contribution >= 4 is 17.1 Å². The van der Waals surface area contributed by atoms with E-state index in [1.54, 1.807) is 42.6 Å². The van der Waals surface area contributed by atoms with E-state index in [-0.39, 0.29) is 12.5 Å². The molecule has 1 aliphatic carbocycles. The summed E-state index contributed by atoms with van der Waals surface area (Å²) < 4.78 is 1.35. The summed E-state index contributed by atoms with van der Waals surface area (Å²) in [6, 6.07) is 11.1. The molecule has 168 valence electrons. The minimum absolute atomic E-state index is 0.117. The van der Waals surface area contributed by atoms with Crippen molar-refractivity contribution in [3.8, 4) is 0 Å². The second-order valence-corrected chi connectivity index (χ2v) is 8.45. The fourth-order valence-electron chi connectivity index (χ4n) is 4.35. The predicted octanol–water partition coefficient (Wildman–Crippen LogP) is 2.13. The van der Waals surface area contributed by atoms with Gasteiger partial charge in [-0.05, 0) is 49.7 Å². The van der Waals surface area contributed by atoms with E-state index in [0.717, 1.165) is 12.1 Å². The van der Waals surface area contributed by atoms with E-state index in [1.165, 1.54) is 36.7 Å². The Hall–Kier alpha value is -3.26. The number of rotatable bonds is 7. The van der Waals surface area contributed by atoms with Crippen molar-refractivity contribution in [2.45, 2.75) is 44.7 Å². The summed E-state index contributed by atoms with van der Waals surface area (Å²) in [5, 5.41) is 2.99. The van der Waals surface area contributed by atoms with Crippen LogP contribution in [0.4, 0.5) is 0 Å². The first kappa shape index (κ1) is 22.0. The van der Waals surface area contributed by atoms with Gasteiger partial charge in [0.05, 0.1) is 12.1 Å². The standard InChI is InChI=1S/C24H29N5O3/c1-28(19-6-3-2-4-7-19)15-14-26-22(30)18-11-9-17(10-12-18)16-29-21-20(8-5-13-25-21)27-23(31)24(29)32/h5,8-13,19H,2-4,6-7,14-16H2,1H3,(H,26,30)(H,27,31). The molecule has 4 rings (SSSR count). The number of pyridine rings is 1. The highest BCUT2D eigenvalue weighted by Gasteiger charge is 2.17. The van der Waals surface area contributed by atoms with Gasteiger partial charge in [0, 0.05) is 30.9 Å². The van der Waals surface area contributed by atoms with Crippen LogP contribution in [-0.2, 0) is 6.54 Å². The van der Waals surface area contributed by atoms with Crippen LogP contribution in [0.25, 0.3) is 11.2 Å². The molecular formula is C24H29N5O3. The molecule has 1 saturated carbocycles. The molecule has 2 heterocycles. The molecule has 0 aliphatic heterocycles. The van der Waals surface area contributed by atoms with E-state index in [2.05, 4.69) is 27.2 Å². The van der Waals surface area contributed by atoms with Crippen LogP contribution in [0.2, 0.25) is 0 Å². The SMILES string of the molecule is CN(CCNC(=O)c1ccc(Cn2c(=O)c(=O)[nH]c3cccnc32)cc1)C1CCCCC1. The smallest absolute Gasteiger partial charge is 0.318 e. The zero-order chi connectivity index (χ0) is 22.5. The van der Waals surface area contributed by atoms with Gasteiger partial charge in [-0.3, -0.25) is 19.0 Å². The third-order valence-electron chi connectivity index (χ3n) is 6.23. The summed E-state index contributed by atoms with van der Waals surface area (Å²) in [5.41, 5.74) is 0.959. The minimum atomic E-state index is -0.681. The van der Waals surface area contributed by atoms with Crippen molar-refractivity contribution in [3.63, 3.8) is 0 Å². The van der Waals surface area contributed by atoms with Gasteiger partial charge in [0.15, 0.2) is 5.65 Å². The van der Waals surface area contributed by atoms with Gasteiger partial charge in [-0.25, -0.2) is 4.98 Å². The minimum Gasteiger partial charge on any atom is -0.351 e. The fourth-order valence-corrected chi connectivity index (χ4v) is 4.35. The molecule has 0 atom stereocenters. The highest BCUT2D eigenvalue weighted by molar-refractivity contribution is 5.94. The van der Waals surface area contributed by atoms with Crippen LogP contribution in [0.5, 0.6) is 0 Å². The lowest BCUT2D eigenvalue weighted by atomic mass is 9.94. The molecule has 0 unspecified atom stereocenters. The molecule has 0 bridgehead atoms. The molecule has 1 fully saturated rings. The van der Waals surface area contributed by atoms with E-state index in [1.807, 2.05) is 0 Å². The topological polar surface area (TPSA) is 100 Å². The van der Waals surface area contributed by atoms with Crippen molar-refractivity contribution < 1.29 is 4.79 Å². The Morgan fingerprint density at radius 2 is 1.91 bits per heavy atom. The van der Waals surface area contributed by atoms with Gasteiger partial charge >= 0.3 is 11.1 Å². The Morgan fingerprint density at radius 1 is 1.16 bits per heavy atom. The van der Waals surface area contributed by atoms with Crippen LogP contribution in [0.1, 0.15) is 48.0 Å². The second kappa shape index (κ2) is 9.91. The third-order valence-corrected chi connectivity index (χ3v) is 6.23. The number of fused-ring (bicyclic) bond motifs is 1. The molecule has 0 saturated heterocycles. The first-order chi connectivity index (χ1) is 15.5. The highest BCUT2D eigenvalue weighted by atomic mass is 16.2. The van der Waals surface area contributed by atoms with Crippen LogP contribution in [0.3, 0.4) is 0 Å². The van der Waals surface area contributed by atoms with Gasteiger partial charge < -0.3 is 15.2 Å². The quantitative estimate of drug-likeness (QED) is 0.554. The lowest BCUT2D eigenvalue weighted by molar-refractivity contribution is 0.0944. The van der Waals surface area contributed by atoms with Crippen LogP contribution >= 0.6 is 0 Å². The number of carbonyl (C=O) groups is 1. The molecule has 1 aliphatic rings. The van der Waals surface area contributed by atoms with Crippen molar-refractivity contribution in [1.82, 2.24) is 24.8 Å². The molecule has 3 aromatic rings. The van der Waals surface area contributed by atoms with Gasteiger partial charge in [0.1, 0.15) is 0 Å². The van der Waals surface area contributed by atoms with E-state index >= 15 is 0 Å². The number of aromatic amines is 1. The Kier molecular flexibility index (Phi) is 6.80. The van der Waals surface area contributed by atoms with Gasteiger partial charge in [-0.15, -0.1) is 0 Å². The molecule has 1 aromatic carbocycles. The Bertz CT molecular complexity index is 1190. The van der Waals surface area contributed by atoms with Crippen molar-refractivity contribution in [2.24, 2.45) is 0 Å². The number of nitrogens with zero attached hydrogens (tertiary/aromatic N) is 3. The first-order valence-corrected chi connectivity index (χ1v) is 11.2. The van der Waals surface area contributed by atoms with Crippen molar-refractivity contribution in [2.75, 3.05) is 20.1 Å². The molecule has 0 spiro atoms. The first-order valence-electron chi connectivity index (χ1n) is 11.2. The summed E-state index contributed by atoms with van der Waals surface area (Å²) >= 11 is 0. The summed E-state index contributed by atoms with van der Waals surface area (Å²) in [4.78, 5) is 46.0. The van der Waals surface area contributed by atoms with Crippen LogP contribution in [-0.4, -0.2) is 51.5 Å². The number of carbonyl (C=O) groups excluding carboxylic acids is 1. The summed E-state index contributed by atoms with van der Waals surface area (Å²) in [7, 11) is 2.13. The number of hydrogen-bond donors (Lipinski definition) is 2. The lowest BCUT2D eigenvalue weighted by Crippen LogP contribution is -2.39. The van der Waals surface area contributed by atoms with Crippen molar-refractivity contribution in [3.05, 3.63) is 74.4 Å². The Morgan fingerprint density at radius 3 is 2.66 bits per heavy atom. The fraction of sp³-hybridized carbons (Fsp3) is 0.417. The average molecular weight is 436 g/mol. The maximum Gasteiger partial charge on any atom is 0.318 e. The zero-order valence-corrected chi connectivity index (χ0v) is 18.3. The van der Waals surface area contributed by atoms with Gasteiger partial charge in [0.25, 0.3) is 5.91 Å². The number of amides is 1.